The number of nitrogens with one attached hydrogen (secondary N) is 1. The molecule has 1 aromatic heterocycles. The van der Waals surface area contributed by atoms with Gasteiger partial charge in [0.15, 0.2) is 5.69 Å². The third-order valence-corrected chi connectivity index (χ3v) is 5.29. The highest BCUT2D eigenvalue weighted by Gasteiger charge is 2.16. The van der Waals surface area contributed by atoms with Crippen molar-refractivity contribution in [2.75, 3.05) is 18.5 Å². The summed E-state index contributed by atoms with van der Waals surface area (Å²) >= 11 is 0. The van der Waals surface area contributed by atoms with E-state index in [1.54, 1.807) is 18.2 Å². The van der Waals surface area contributed by atoms with E-state index in [1.807, 2.05) is 0 Å². The molecule has 6 nitrogen and oxygen atoms in total. The lowest BCUT2D eigenvalue weighted by Gasteiger charge is -2.12. The number of likely N-dealkylation sites (N-methyl/N-ethyl adjacent to an activating group) is 1. The average molecular weight is 453 g/mol. The highest BCUT2D eigenvalue weighted by atomic mass is 19.3. The number of carboxylic acids is 1. The number of allylic oxidation sites excluding steroid dienone is 5. The first kappa shape index (κ1) is 23.8. The number of aromatic nitrogens is 2. The second kappa shape index (κ2) is 11.2. The molecule has 2 aromatic rings. The van der Waals surface area contributed by atoms with Crippen LogP contribution in [0.25, 0.3) is 0 Å². The summed E-state index contributed by atoms with van der Waals surface area (Å²) in [5.41, 5.74) is 5.47. The van der Waals surface area contributed by atoms with Gasteiger partial charge in [-0.3, -0.25) is 0 Å². The average Bonchev–Trinajstić information content (AvgIpc) is 3.00. The maximum Gasteiger partial charge on any atom is 0.354 e. The standard InChI is InChI=1S/C15H15N3O2.C10H11F2N/c1-18-5-4-11-6-10(2-3-14(11)18)7-12-8-13(15(19)20)17-9-16-12;1-2-13-9-5-3-4-8(6-7-9)10(11)12/h2-3,6,8-9H,4-5,7H2,1H3,(H,19,20);2-5,7,10,13H,1,6H2. The summed E-state index contributed by atoms with van der Waals surface area (Å²) in [5.74, 6) is -1.02. The van der Waals surface area contributed by atoms with Crippen molar-refractivity contribution in [3.8, 4) is 0 Å². The summed E-state index contributed by atoms with van der Waals surface area (Å²) in [6.07, 6.45) is 8.91. The number of nitrogens with zero attached hydrogens (tertiary/aromatic N) is 3. The Morgan fingerprint density at radius 1 is 1.33 bits per heavy atom. The Morgan fingerprint density at radius 2 is 2.15 bits per heavy atom. The summed E-state index contributed by atoms with van der Waals surface area (Å²) in [5, 5.41) is 11.8. The molecule has 0 spiro atoms. The van der Waals surface area contributed by atoms with Crippen molar-refractivity contribution in [3.05, 3.63) is 101 Å². The Labute approximate surface area is 191 Å². The Balaban J connectivity index is 0.000000205. The monoisotopic (exact) mass is 452 g/mol. The van der Waals surface area contributed by atoms with Gasteiger partial charge in [0.2, 0.25) is 0 Å². The van der Waals surface area contributed by atoms with Crippen molar-refractivity contribution in [3.63, 3.8) is 0 Å². The minimum Gasteiger partial charge on any atom is -0.477 e. The zero-order valence-corrected chi connectivity index (χ0v) is 18.3. The van der Waals surface area contributed by atoms with Crippen LogP contribution < -0.4 is 10.2 Å². The predicted octanol–water partition coefficient (Wildman–Crippen LogP) is 4.51. The van der Waals surface area contributed by atoms with Crippen molar-refractivity contribution in [2.24, 2.45) is 0 Å². The molecule has 1 aliphatic heterocycles. The molecule has 0 bridgehead atoms. The molecule has 0 saturated carbocycles. The molecule has 4 rings (SSSR count). The van der Waals surface area contributed by atoms with Gasteiger partial charge in [-0.05, 0) is 54.0 Å². The number of fused-ring (bicyclic) bond motifs is 1. The van der Waals surface area contributed by atoms with E-state index in [1.165, 1.54) is 35.9 Å². The second-order valence-corrected chi connectivity index (χ2v) is 7.62. The van der Waals surface area contributed by atoms with Crippen molar-refractivity contribution in [1.82, 2.24) is 15.3 Å². The van der Waals surface area contributed by atoms with E-state index in [0.717, 1.165) is 29.9 Å². The van der Waals surface area contributed by atoms with Crippen LogP contribution in [-0.2, 0) is 12.8 Å². The molecular formula is C25H26F2N4O2. The van der Waals surface area contributed by atoms with Crippen molar-refractivity contribution in [1.29, 1.82) is 0 Å². The fourth-order valence-electron chi connectivity index (χ4n) is 3.58. The van der Waals surface area contributed by atoms with Gasteiger partial charge in [-0.2, -0.15) is 0 Å². The minimum absolute atomic E-state index is 0.0379. The van der Waals surface area contributed by atoms with Crippen molar-refractivity contribution < 1.29 is 18.7 Å². The highest BCUT2D eigenvalue weighted by molar-refractivity contribution is 5.85. The Morgan fingerprint density at radius 3 is 2.88 bits per heavy atom. The van der Waals surface area contributed by atoms with Gasteiger partial charge in [0.25, 0.3) is 6.43 Å². The second-order valence-electron chi connectivity index (χ2n) is 7.62. The van der Waals surface area contributed by atoms with E-state index in [-0.39, 0.29) is 17.7 Å². The normalized spacial score (nSPS) is 14.5. The molecule has 8 heteroatoms. The van der Waals surface area contributed by atoms with E-state index < -0.39 is 12.4 Å². The zero-order chi connectivity index (χ0) is 23.8. The lowest BCUT2D eigenvalue weighted by atomic mass is 10.0. The number of anilines is 1. The van der Waals surface area contributed by atoms with Crippen molar-refractivity contribution >= 4 is 11.7 Å². The molecule has 33 heavy (non-hydrogen) atoms. The maximum absolute atomic E-state index is 12.2. The molecule has 2 N–H and O–H groups in total. The number of carbonyl (C=O) groups is 1. The predicted molar refractivity (Wildman–Crippen MR) is 124 cm³/mol. The van der Waals surface area contributed by atoms with Crippen LogP contribution in [0, 0.1) is 0 Å². The first-order valence-electron chi connectivity index (χ1n) is 10.5. The molecule has 0 saturated heterocycles. The van der Waals surface area contributed by atoms with Gasteiger partial charge in [-0.25, -0.2) is 23.5 Å². The van der Waals surface area contributed by atoms with Gasteiger partial charge in [0.05, 0.1) is 0 Å². The fraction of sp³-hybridized carbons (Fsp3) is 0.240. The van der Waals surface area contributed by atoms with Crippen LogP contribution in [0.1, 0.15) is 33.7 Å². The third kappa shape index (κ3) is 6.58. The SMILES string of the molecule is C=CNC1=CCC(C(F)F)=CC=C1.CN1CCc2cc(Cc3cc(C(=O)O)ncn3)ccc21. The third-order valence-electron chi connectivity index (χ3n) is 5.29. The Bertz CT molecular complexity index is 1110. The molecule has 0 amide bonds. The van der Waals surface area contributed by atoms with E-state index >= 15 is 0 Å². The largest absolute Gasteiger partial charge is 0.477 e. The molecule has 2 heterocycles. The van der Waals surface area contributed by atoms with E-state index in [0.29, 0.717) is 6.42 Å². The van der Waals surface area contributed by atoms with Crippen LogP contribution in [0.5, 0.6) is 0 Å². The lowest BCUT2D eigenvalue weighted by molar-refractivity contribution is 0.0690. The smallest absolute Gasteiger partial charge is 0.354 e. The summed E-state index contributed by atoms with van der Waals surface area (Å²) in [7, 11) is 2.09. The summed E-state index contributed by atoms with van der Waals surface area (Å²) in [6.45, 7) is 4.54. The van der Waals surface area contributed by atoms with Gasteiger partial charge in [0.1, 0.15) is 6.33 Å². The van der Waals surface area contributed by atoms with Crippen LogP contribution in [0.3, 0.4) is 0 Å². The zero-order valence-electron chi connectivity index (χ0n) is 18.3. The lowest BCUT2D eigenvalue weighted by Crippen LogP contribution is -2.12. The Kier molecular flexibility index (Phi) is 8.07. The Hall–Kier alpha value is -3.81. The molecule has 172 valence electrons. The van der Waals surface area contributed by atoms with Gasteiger partial charge in [-0.15, -0.1) is 0 Å². The van der Waals surface area contributed by atoms with Crippen LogP contribution in [-0.4, -0.2) is 41.1 Å². The van der Waals surface area contributed by atoms with Crippen LogP contribution >= 0.6 is 0 Å². The van der Waals surface area contributed by atoms with E-state index in [2.05, 4.69) is 52.0 Å². The molecule has 1 aliphatic carbocycles. The number of rotatable bonds is 6. The molecule has 1 aromatic carbocycles. The first-order valence-corrected chi connectivity index (χ1v) is 10.5. The molecule has 0 fully saturated rings. The number of benzene rings is 1. The number of hydrogen-bond acceptors (Lipinski definition) is 5. The first-order chi connectivity index (χ1) is 15.9. The van der Waals surface area contributed by atoms with Gasteiger partial charge >= 0.3 is 5.97 Å². The summed E-state index contributed by atoms with van der Waals surface area (Å²) in [4.78, 5) is 21.0. The van der Waals surface area contributed by atoms with E-state index in [4.69, 9.17) is 5.11 Å². The van der Waals surface area contributed by atoms with Crippen LogP contribution in [0.15, 0.2) is 78.9 Å². The maximum atomic E-state index is 12.2. The van der Waals surface area contributed by atoms with Gasteiger partial charge < -0.3 is 15.3 Å². The molecule has 0 unspecified atom stereocenters. The molecular weight excluding hydrogens is 426 g/mol. The number of carboxylic acid groups (broad SMARTS) is 1. The molecule has 0 atom stereocenters. The van der Waals surface area contributed by atoms with Crippen molar-refractivity contribution in [2.45, 2.75) is 25.7 Å². The molecule has 2 aliphatic rings. The quantitative estimate of drug-likeness (QED) is 0.671. The van der Waals surface area contributed by atoms with Gasteiger partial charge in [-0.1, -0.05) is 36.9 Å². The highest BCUT2D eigenvalue weighted by Crippen LogP contribution is 2.28. The number of hydrogen-bond donors (Lipinski definition) is 2. The number of halogens is 2. The summed E-state index contributed by atoms with van der Waals surface area (Å²) in [6, 6.07) is 7.91. The molecule has 0 radical (unpaired) electrons. The van der Waals surface area contributed by atoms with E-state index in [9.17, 15) is 13.6 Å². The number of aromatic carboxylic acids is 1. The van der Waals surface area contributed by atoms with Crippen LogP contribution in [0.4, 0.5) is 14.5 Å². The number of alkyl halides is 2. The van der Waals surface area contributed by atoms with Crippen LogP contribution in [0.2, 0.25) is 0 Å². The fourth-order valence-corrected chi connectivity index (χ4v) is 3.58. The minimum atomic E-state index is -2.37. The summed E-state index contributed by atoms with van der Waals surface area (Å²) < 4.78 is 24.5. The topological polar surface area (TPSA) is 78.4 Å². The van der Waals surface area contributed by atoms with Gasteiger partial charge in [0, 0.05) is 37.1 Å².